The number of carbonyl (C=O) groups excluding carboxylic acids is 1. The third kappa shape index (κ3) is 5.98. The fourth-order valence-corrected chi connectivity index (χ4v) is 4.00. The number of nitrogens with zero attached hydrogens (tertiary/aromatic N) is 2. The Morgan fingerprint density at radius 2 is 1.85 bits per heavy atom. The van der Waals surface area contributed by atoms with Crippen LogP contribution in [0.5, 0.6) is 0 Å². The van der Waals surface area contributed by atoms with Crippen molar-refractivity contribution in [1.29, 1.82) is 0 Å². The number of anilines is 1. The highest BCUT2D eigenvalue weighted by Gasteiger charge is 2.06. The van der Waals surface area contributed by atoms with Gasteiger partial charge in [0.1, 0.15) is 5.01 Å². The smallest absolute Gasteiger partial charge is 0.250 e. The van der Waals surface area contributed by atoms with Gasteiger partial charge < -0.3 is 0 Å². The van der Waals surface area contributed by atoms with E-state index in [1.165, 1.54) is 23.0 Å². The standard InChI is InChI=1S/C19H16ClN3OS2/c20-16-9-6-14(7-10-16)8-11-17(24)21-19-23-22-18(26-19)13-25-12-15-4-2-1-3-5-15/h1-11H,12-13H2,(H,21,23,24)/b11-8+. The maximum Gasteiger partial charge on any atom is 0.250 e. The molecule has 132 valence electrons. The predicted octanol–water partition coefficient (Wildman–Crippen LogP) is 5.28. The Morgan fingerprint density at radius 3 is 2.62 bits per heavy atom. The van der Waals surface area contributed by atoms with Crippen LogP contribution in [0.25, 0.3) is 6.08 Å². The van der Waals surface area contributed by atoms with E-state index in [0.717, 1.165) is 22.1 Å². The maximum atomic E-state index is 12.0. The molecule has 0 saturated heterocycles. The quantitative estimate of drug-likeness (QED) is 0.547. The van der Waals surface area contributed by atoms with Gasteiger partial charge in [-0.05, 0) is 29.3 Å². The molecule has 0 radical (unpaired) electrons. The third-order valence-electron chi connectivity index (χ3n) is 3.33. The van der Waals surface area contributed by atoms with Crippen molar-refractivity contribution in [3.05, 3.63) is 81.8 Å². The molecule has 2 aromatic carbocycles. The van der Waals surface area contributed by atoms with Gasteiger partial charge in [-0.2, -0.15) is 0 Å². The molecule has 26 heavy (non-hydrogen) atoms. The summed E-state index contributed by atoms with van der Waals surface area (Å²) in [5, 5.41) is 12.9. The van der Waals surface area contributed by atoms with Gasteiger partial charge in [-0.3, -0.25) is 10.1 Å². The van der Waals surface area contributed by atoms with E-state index in [4.69, 9.17) is 11.6 Å². The first kappa shape index (κ1) is 18.6. The normalized spacial score (nSPS) is 11.0. The van der Waals surface area contributed by atoms with Gasteiger partial charge in [-0.1, -0.05) is 65.4 Å². The summed E-state index contributed by atoms with van der Waals surface area (Å²) in [5.41, 5.74) is 2.18. The first-order valence-corrected chi connectivity index (χ1v) is 10.2. The summed E-state index contributed by atoms with van der Waals surface area (Å²) < 4.78 is 0. The molecule has 4 nitrogen and oxygen atoms in total. The summed E-state index contributed by atoms with van der Waals surface area (Å²) in [6.07, 6.45) is 3.19. The largest absolute Gasteiger partial charge is 0.297 e. The molecule has 0 spiro atoms. The van der Waals surface area contributed by atoms with Gasteiger partial charge >= 0.3 is 0 Å². The minimum Gasteiger partial charge on any atom is -0.297 e. The molecule has 7 heteroatoms. The molecule has 0 atom stereocenters. The Kier molecular flexibility index (Phi) is 6.82. The van der Waals surface area contributed by atoms with E-state index in [1.807, 2.05) is 30.3 Å². The zero-order valence-corrected chi connectivity index (χ0v) is 16.2. The molecule has 0 saturated carbocycles. The molecular formula is C19H16ClN3OS2. The Balaban J connectivity index is 1.46. The van der Waals surface area contributed by atoms with Crippen LogP contribution in [0, 0.1) is 0 Å². The van der Waals surface area contributed by atoms with Crippen LogP contribution in [0.3, 0.4) is 0 Å². The topological polar surface area (TPSA) is 54.9 Å². The van der Waals surface area contributed by atoms with Crippen molar-refractivity contribution in [3.63, 3.8) is 0 Å². The second kappa shape index (κ2) is 9.52. The highest BCUT2D eigenvalue weighted by atomic mass is 35.5. The summed E-state index contributed by atoms with van der Waals surface area (Å²) in [6, 6.07) is 17.5. The molecule has 3 rings (SSSR count). The monoisotopic (exact) mass is 401 g/mol. The van der Waals surface area contributed by atoms with Crippen molar-refractivity contribution < 1.29 is 4.79 Å². The highest BCUT2D eigenvalue weighted by molar-refractivity contribution is 7.97. The molecule has 0 unspecified atom stereocenters. The third-order valence-corrected chi connectivity index (χ3v) is 5.62. The Morgan fingerprint density at radius 1 is 1.08 bits per heavy atom. The van der Waals surface area contributed by atoms with Crippen molar-refractivity contribution in [2.24, 2.45) is 0 Å². The zero-order valence-electron chi connectivity index (χ0n) is 13.8. The molecule has 1 heterocycles. The minimum atomic E-state index is -0.236. The van der Waals surface area contributed by atoms with E-state index in [2.05, 4.69) is 27.6 Å². The molecule has 0 aliphatic carbocycles. The van der Waals surface area contributed by atoms with E-state index < -0.39 is 0 Å². The van der Waals surface area contributed by atoms with Gasteiger partial charge in [0.05, 0.1) is 0 Å². The molecule has 3 aromatic rings. The Labute approximate surface area is 165 Å². The number of hydrogen-bond donors (Lipinski definition) is 1. The molecular weight excluding hydrogens is 386 g/mol. The van der Waals surface area contributed by atoms with Crippen LogP contribution in [0.15, 0.2) is 60.7 Å². The molecule has 1 N–H and O–H groups in total. The van der Waals surface area contributed by atoms with E-state index >= 15 is 0 Å². The maximum absolute atomic E-state index is 12.0. The first-order chi connectivity index (χ1) is 12.7. The first-order valence-electron chi connectivity index (χ1n) is 7.88. The summed E-state index contributed by atoms with van der Waals surface area (Å²) in [7, 11) is 0. The molecule has 1 aromatic heterocycles. The van der Waals surface area contributed by atoms with Crippen LogP contribution >= 0.6 is 34.7 Å². The van der Waals surface area contributed by atoms with Crippen LogP contribution < -0.4 is 5.32 Å². The number of halogens is 1. The minimum absolute atomic E-state index is 0.236. The SMILES string of the molecule is O=C(/C=C/c1ccc(Cl)cc1)Nc1nnc(CSCc2ccccc2)s1. The summed E-state index contributed by atoms with van der Waals surface area (Å²) >= 11 is 9.00. The Hall–Kier alpha value is -2.15. The number of rotatable bonds is 7. The van der Waals surface area contributed by atoms with E-state index in [-0.39, 0.29) is 5.91 Å². The van der Waals surface area contributed by atoms with Crippen LogP contribution in [-0.4, -0.2) is 16.1 Å². The predicted molar refractivity (Wildman–Crippen MR) is 110 cm³/mol. The van der Waals surface area contributed by atoms with E-state index in [0.29, 0.717) is 10.2 Å². The lowest BCUT2D eigenvalue weighted by Gasteiger charge is -1.98. The Bertz CT molecular complexity index is 879. The molecule has 1 amide bonds. The molecule has 0 bridgehead atoms. The van der Waals surface area contributed by atoms with Gasteiger partial charge in [0, 0.05) is 22.6 Å². The van der Waals surface area contributed by atoms with Gasteiger partial charge in [0.2, 0.25) is 11.0 Å². The summed E-state index contributed by atoms with van der Waals surface area (Å²) in [6.45, 7) is 0. The van der Waals surface area contributed by atoms with Crippen molar-refractivity contribution in [2.75, 3.05) is 5.32 Å². The lowest BCUT2D eigenvalue weighted by molar-refractivity contribution is -0.111. The highest BCUT2D eigenvalue weighted by Crippen LogP contribution is 2.22. The summed E-state index contributed by atoms with van der Waals surface area (Å²) in [4.78, 5) is 12.0. The van der Waals surface area contributed by atoms with Crippen LogP contribution in [0.1, 0.15) is 16.1 Å². The number of nitrogens with one attached hydrogen (secondary N) is 1. The van der Waals surface area contributed by atoms with E-state index in [1.54, 1.807) is 30.0 Å². The van der Waals surface area contributed by atoms with Crippen molar-refractivity contribution in [3.8, 4) is 0 Å². The van der Waals surface area contributed by atoms with Crippen LogP contribution in [0.2, 0.25) is 5.02 Å². The number of benzene rings is 2. The number of thioether (sulfide) groups is 1. The van der Waals surface area contributed by atoms with Gasteiger partial charge in [-0.15, -0.1) is 22.0 Å². The molecule has 0 aliphatic rings. The van der Waals surface area contributed by atoms with Crippen molar-refractivity contribution in [2.45, 2.75) is 11.5 Å². The van der Waals surface area contributed by atoms with Crippen molar-refractivity contribution >= 4 is 51.8 Å². The lowest BCUT2D eigenvalue weighted by atomic mass is 10.2. The van der Waals surface area contributed by atoms with Crippen molar-refractivity contribution in [1.82, 2.24) is 10.2 Å². The van der Waals surface area contributed by atoms with Gasteiger partial charge in [0.15, 0.2) is 0 Å². The van der Waals surface area contributed by atoms with Gasteiger partial charge in [0.25, 0.3) is 0 Å². The number of carbonyl (C=O) groups is 1. The average Bonchev–Trinajstić information content (AvgIpc) is 3.09. The van der Waals surface area contributed by atoms with E-state index in [9.17, 15) is 4.79 Å². The average molecular weight is 402 g/mol. The van der Waals surface area contributed by atoms with Crippen LogP contribution in [-0.2, 0) is 16.3 Å². The number of amides is 1. The number of hydrogen-bond acceptors (Lipinski definition) is 5. The second-order valence-electron chi connectivity index (χ2n) is 5.35. The second-order valence-corrected chi connectivity index (χ2v) is 7.84. The van der Waals surface area contributed by atoms with Crippen LogP contribution in [0.4, 0.5) is 5.13 Å². The fourth-order valence-electron chi connectivity index (χ4n) is 2.09. The molecule has 0 aliphatic heterocycles. The lowest BCUT2D eigenvalue weighted by Crippen LogP contribution is -2.07. The molecule has 0 fully saturated rings. The van der Waals surface area contributed by atoms with Gasteiger partial charge in [-0.25, -0.2) is 0 Å². The number of aromatic nitrogens is 2. The zero-order chi connectivity index (χ0) is 18.2. The fraction of sp³-hybridized carbons (Fsp3) is 0.105. The summed E-state index contributed by atoms with van der Waals surface area (Å²) in [5.74, 6) is 1.45.